The lowest BCUT2D eigenvalue weighted by Gasteiger charge is -2.15. The molecule has 0 N–H and O–H groups in total. The van der Waals surface area contributed by atoms with Gasteiger partial charge in [-0.15, -0.1) is 11.3 Å². The Kier molecular flexibility index (Phi) is 9.40. The summed E-state index contributed by atoms with van der Waals surface area (Å²) in [6, 6.07) is 87.5. The molecule has 0 spiro atoms. The van der Waals surface area contributed by atoms with Gasteiger partial charge in [-0.25, -0.2) is 9.97 Å². The topological polar surface area (TPSA) is 25.8 Å². The average Bonchev–Trinajstić information content (AvgIpc) is 3.79. The van der Waals surface area contributed by atoms with E-state index in [2.05, 4.69) is 243 Å². The van der Waals surface area contributed by atoms with Crippen molar-refractivity contribution in [1.82, 2.24) is 9.97 Å². The van der Waals surface area contributed by atoms with Crippen LogP contribution in [0.3, 0.4) is 0 Å². The third kappa shape index (κ3) is 6.88. The molecule has 13 rings (SSSR count). The first-order chi connectivity index (χ1) is 33.2. The maximum Gasteiger partial charge on any atom is 0.0979 e. The SMILES string of the molecule is c1ccc(-c2ccc(-c3nc4c5ccccc5c5ccccc5c4nc3-c3ccc(-c4ccc(-c5cc(-c6ccccc6)cc6c5sc5ccc(-c7ccccc7)cc56)cc4)cc3)cc2)cc1. The highest BCUT2D eigenvalue weighted by atomic mass is 32.1. The van der Waals surface area contributed by atoms with Gasteiger partial charge in [-0.2, -0.15) is 0 Å². The third-order valence-corrected chi connectivity index (χ3v) is 14.5. The Morgan fingerprint density at radius 1 is 0.239 bits per heavy atom. The van der Waals surface area contributed by atoms with Crippen LogP contribution in [0.15, 0.2) is 243 Å². The van der Waals surface area contributed by atoms with Gasteiger partial charge in [0.15, 0.2) is 0 Å². The zero-order valence-corrected chi connectivity index (χ0v) is 37.2. The Balaban J connectivity index is 0.905. The largest absolute Gasteiger partial charge is 0.243 e. The van der Waals surface area contributed by atoms with Gasteiger partial charge in [-0.1, -0.05) is 218 Å². The molecule has 0 atom stereocenters. The van der Waals surface area contributed by atoms with Crippen molar-refractivity contribution in [2.45, 2.75) is 0 Å². The lowest BCUT2D eigenvalue weighted by Crippen LogP contribution is -1.97. The summed E-state index contributed by atoms with van der Waals surface area (Å²) in [6.07, 6.45) is 0. The standard InChI is InChI=1S/C64H40N2S/c1-4-14-41(15-5-1)44-26-32-48(33-27-44)60-61(66-63-55-23-13-11-21-53(55)52-20-10-12-22-54(52)62(63)65-60)49-34-28-46(29-35-49)45-24-30-47(31-25-45)56-39-51(43-18-8-3-9-19-43)40-58-57-38-50(42-16-6-2-7-17-42)36-37-59(57)67-64(56)58/h1-40H. The van der Waals surface area contributed by atoms with Crippen LogP contribution in [-0.2, 0) is 0 Å². The Labute approximate surface area is 392 Å². The Morgan fingerprint density at radius 3 is 1.09 bits per heavy atom. The second-order valence-corrected chi connectivity index (χ2v) is 18.3. The Morgan fingerprint density at radius 2 is 0.597 bits per heavy atom. The molecule has 0 saturated heterocycles. The summed E-state index contributed by atoms with van der Waals surface area (Å²) in [5.41, 5.74) is 17.6. The van der Waals surface area contributed by atoms with Crippen LogP contribution >= 0.6 is 11.3 Å². The van der Waals surface area contributed by atoms with Gasteiger partial charge < -0.3 is 0 Å². The molecule has 0 bridgehead atoms. The van der Waals surface area contributed by atoms with E-state index in [1.807, 2.05) is 11.3 Å². The van der Waals surface area contributed by atoms with E-state index >= 15 is 0 Å². The van der Waals surface area contributed by atoms with Crippen molar-refractivity contribution < 1.29 is 0 Å². The summed E-state index contributed by atoms with van der Waals surface area (Å²) in [5, 5.41) is 7.16. The van der Waals surface area contributed by atoms with E-state index in [1.165, 1.54) is 75.5 Å². The minimum absolute atomic E-state index is 0.865. The van der Waals surface area contributed by atoms with Gasteiger partial charge in [0, 0.05) is 47.6 Å². The first kappa shape index (κ1) is 38.9. The number of benzene rings is 11. The monoisotopic (exact) mass is 868 g/mol. The van der Waals surface area contributed by atoms with Crippen molar-refractivity contribution in [3.05, 3.63) is 243 Å². The van der Waals surface area contributed by atoms with E-state index < -0.39 is 0 Å². The fourth-order valence-electron chi connectivity index (χ4n) is 9.88. The summed E-state index contributed by atoms with van der Waals surface area (Å²) < 4.78 is 2.60. The van der Waals surface area contributed by atoms with E-state index in [0.717, 1.165) is 55.4 Å². The van der Waals surface area contributed by atoms with E-state index in [-0.39, 0.29) is 0 Å². The van der Waals surface area contributed by atoms with Gasteiger partial charge in [0.1, 0.15) is 0 Å². The number of thiophene rings is 1. The molecule has 67 heavy (non-hydrogen) atoms. The summed E-state index contributed by atoms with van der Waals surface area (Å²) in [4.78, 5) is 11.1. The van der Waals surface area contributed by atoms with E-state index in [4.69, 9.17) is 9.97 Å². The molecular formula is C64H40N2S. The van der Waals surface area contributed by atoms with Crippen LogP contribution in [0.5, 0.6) is 0 Å². The molecule has 2 nitrogen and oxygen atoms in total. The van der Waals surface area contributed by atoms with Crippen molar-refractivity contribution in [3.63, 3.8) is 0 Å². The van der Waals surface area contributed by atoms with Crippen molar-refractivity contribution in [2.24, 2.45) is 0 Å². The molecule has 0 unspecified atom stereocenters. The first-order valence-corrected chi connectivity index (χ1v) is 23.6. The van der Waals surface area contributed by atoms with E-state index in [0.29, 0.717) is 0 Å². The zero-order chi connectivity index (χ0) is 44.3. The number of nitrogens with zero attached hydrogens (tertiary/aromatic N) is 2. The summed E-state index contributed by atoms with van der Waals surface area (Å²) in [6.45, 7) is 0. The molecule has 312 valence electrons. The first-order valence-electron chi connectivity index (χ1n) is 22.8. The smallest absolute Gasteiger partial charge is 0.0979 e. The molecule has 0 aliphatic rings. The maximum atomic E-state index is 5.56. The van der Waals surface area contributed by atoms with Gasteiger partial charge in [0.05, 0.1) is 22.4 Å². The van der Waals surface area contributed by atoms with Gasteiger partial charge >= 0.3 is 0 Å². The Hall–Kier alpha value is -8.50. The van der Waals surface area contributed by atoms with Crippen LogP contribution < -0.4 is 0 Å². The van der Waals surface area contributed by atoms with Crippen molar-refractivity contribution in [1.29, 1.82) is 0 Å². The van der Waals surface area contributed by atoms with Crippen molar-refractivity contribution >= 4 is 64.1 Å². The highest BCUT2D eigenvalue weighted by Crippen LogP contribution is 2.45. The number of rotatable bonds is 7. The Bertz CT molecular complexity index is 3970. The van der Waals surface area contributed by atoms with Crippen LogP contribution in [0, 0.1) is 0 Å². The van der Waals surface area contributed by atoms with E-state index in [9.17, 15) is 0 Å². The molecular weight excluding hydrogens is 829 g/mol. The normalized spacial score (nSPS) is 11.6. The van der Waals surface area contributed by atoms with Crippen LogP contribution in [0.25, 0.3) is 131 Å². The molecule has 13 aromatic rings. The van der Waals surface area contributed by atoms with Gasteiger partial charge in [0.2, 0.25) is 0 Å². The predicted molar refractivity (Wildman–Crippen MR) is 285 cm³/mol. The molecule has 0 radical (unpaired) electrons. The fraction of sp³-hybridized carbons (Fsp3) is 0. The van der Waals surface area contributed by atoms with Crippen LogP contribution in [0.2, 0.25) is 0 Å². The molecule has 0 fully saturated rings. The lowest BCUT2D eigenvalue weighted by molar-refractivity contribution is 1.31. The van der Waals surface area contributed by atoms with Crippen LogP contribution in [-0.4, -0.2) is 9.97 Å². The lowest BCUT2D eigenvalue weighted by atomic mass is 9.94. The zero-order valence-electron chi connectivity index (χ0n) is 36.4. The quantitative estimate of drug-likeness (QED) is 0.149. The minimum Gasteiger partial charge on any atom is -0.243 e. The molecule has 11 aromatic carbocycles. The van der Waals surface area contributed by atoms with Crippen molar-refractivity contribution in [3.8, 4) is 78.1 Å². The second kappa shape index (κ2) is 16.2. The molecule has 3 heteroatoms. The summed E-state index contributed by atoms with van der Waals surface area (Å²) in [7, 11) is 0. The average molecular weight is 869 g/mol. The van der Waals surface area contributed by atoms with Gasteiger partial charge in [-0.05, 0) is 85.1 Å². The van der Waals surface area contributed by atoms with Gasteiger partial charge in [-0.3, -0.25) is 0 Å². The molecule has 0 saturated carbocycles. The molecule has 2 heterocycles. The number of fused-ring (bicyclic) bond motifs is 9. The summed E-state index contributed by atoms with van der Waals surface area (Å²) in [5.74, 6) is 0. The third-order valence-electron chi connectivity index (χ3n) is 13.3. The number of hydrogen-bond donors (Lipinski definition) is 0. The maximum absolute atomic E-state index is 5.56. The second-order valence-electron chi connectivity index (χ2n) is 17.3. The van der Waals surface area contributed by atoms with Crippen LogP contribution in [0.4, 0.5) is 0 Å². The number of aromatic nitrogens is 2. The highest BCUT2D eigenvalue weighted by molar-refractivity contribution is 7.26. The predicted octanol–water partition coefficient (Wildman–Crippen LogP) is 18.0. The number of hydrogen-bond acceptors (Lipinski definition) is 3. The van der Waals surface area contributed by atoms with E-state index in [1.54, 1.807) is 0 Å². The molecule has 2 aromatic heterocycles. The van der Waals surface area contributed by atoms with Crippen LogP contribution in [0.1, 0.15) is 0 Å². The molecule has 0 amide bonds. The molecule has 0 aliphatic heterocycles. The minimum atomic E-state index is 0.865. The van der Waals surface area contributed by atoms with Gasteiger partial charge in [0.25, 0.3) is 0 Å². The highest BCUT2D eigenvalue weighted by Gasteiger charge is 2.19. The van der Waals surface area contributed by atoms with Crippen molar-refractivity contribution in [2.75, 3.05) is 0 Å². The fourth-order valence-corrected chi connectivity index (χ4v) is 11.1. The summed E-state index contributed by atoms with van der Waals surface area (Å²) >= 11 is 1.88. The molecule has 0 aliphatic carbocycles.